The van der Waals surface area contributed by atoms with Crippen molar-refractivity contribution in [3.05, 3.63) is 36.3 Å². The molecule has 8 nitrogen and oxygen atoms in total. The fraction of sp³-hybridized carbons (Fsp3) is 0.474. The fourth-order valence-electron chi connectivity index (χ4n) is 3.12. The molecular weight excluding hydrogens is 346 g/mol. The minimum atomic E-state index is -0.105. The summed E-state index contributed by atoms with van der Waals surface area (Å²) in [6.45, 7) is 6.94. The zero-order valence-corrected chi connectivity index (χ0v) is 16.0. The summed E-state index contributed by atoms with van der Waals surface area (Å²) in [6.07, 6.45) is 5.48. The number of ether oxygens (including phenoxy) is 2. The number of carbonyl (C=O) groups excluding carboxylic acids is 1. The van der Waals surface area contributed by atoms with Gasteiger partial charge in [-0.3, -0.25) is 4.79 Å². The standard InChI is InChI=1S/C19H25N5O3/c1-4-23(5-2)17-18(21-10-9-20-17)27-15-8-11-24(13-15)19(25)14-6-7-16(26-3)22-12-14/h6-7,9-10,12,15H,4-5,8,11,13H2,1-3H3. The van der Waals surface area contributed by atoms with Crippen molar-refractivity contribution in [3.8, 4) is 11.8 Å². The maximum atomic E-state index is 12.7. The highest BCUT2D eigenvalue weighted by Gasteiger charge is 2.29. The Kier molecular flexibility index (Phi) is 6.05. The highest BCUT2D eigenvalue weighted by Crippen LogP contribution is 2.26. The Labute approximate surface area is 159 Å². The summed E-state index contributed by atoms with van der Waals surface area (Å²) >= 11 is 0. The second kappa shape index (κ2) is 8.66. The van der Waals surface area contributed by atoms with Gasteiger partial charge in [0, 0.05) is 50.7 Å². The highest BCUT2D eigenvalue weighted by molar-refractivity contribution is 5.94. The molecule has 0 aromatic carbocycles. The molecule has 8 heteroatoms. The molecule has 1 atom stereocenters. The van der Waals surface area contributed by atoms with E-state index < -0.39 is 0 Å². The van der Waals surface area contributed by atoms with Gasteiger partial charge in [-0.1, -0.05) is 0 Å². The van der Waals surface area contributed by atoms with E-state index in [0.29, 0.717) is 30.4 Å². The van der Waals surface area contributed by atoms with Crippen LogP contribution >= 0.6 is 0 Å². The predicted octanol–water partition coefficient (Wildman–Crippen LogP) is 2.02. The number of likely N-dealkylation sites (tertiary alicyclic amines) is 1. The lowest BCUT2D eigenvalue weighted by molar-refractivity contribution is 0.0770. The van der Waals surface area contributed by atoms with Gasteiger partial charge in [-0.25, -0.2) is 15.0 Å². The van der Waals surface area contributed by atoms with Crippen molar-refractivity contribution in [1.29, 1.82) is 0 Å². The molecule has 1 unspecified atom stereocenters. The first-order valence-corrected chi connectivity index (χ1v) is 9.18. The maximum Gasteiger partial charge on any atom is 0.257 e. The molecule has 0 bridgehead atoms. The van der Waals surface area contributed by atoms with Crippen LogP contribution in [0.15, 0.2) is 30.7 Å². The molecule has 0 saturated carbocycles. The number of carbonyl (C=O) groups is 1. The van der Waals surface area contributed by atoms with Gasteiger partial charge in [0.2, 0.25) is 5.88 Å². The van der Waals surface area contributed by atoms with Gasteiger partial charge in [-0.2, -0.15) is 0 Å². The quantitative estimate of drug-likeness (QED) is 0.736. The van der Waals surface area contributed by atoms with E-state index in [0.717, 1.165) is 25.3 Å². The van der Waals surface area contributed by atoms with Crippen molar-refractivity contribution >= 4 is 11.7 Å². The SMILES string of the molecule is CCN(CC)c1nccnc1OC1CCN(C(=O)c2ccc(OC)nc2)C1. The molecule has 1 fully saturated rings. The third-order valence-corrected chi connectivity index (χ3v) is 4.61. The summed E-state index contributed by atoms with van der Waals surface area (Å²) in [4.78, 5) is 29.4. The number of hydrogen-bond donors (Lipinski definition) is 0. The van der Waals surface area contributed by atoms with E-state index in [9.17, 15) is 4.79 Å². The van der Waals surface area contributed by atoms with Crippen LogP contribution in [0.3, 0.4) is 0 Å². The number of pyridine rings is 1. The number of hydrogen-bond acceptors (Lipinski definition) is 7. The zero-order valence-electron chi connectivity index (χ0n) is 16.0. The smallest absolute Gasteiger partial charge is 0.257 e. The molecule has 0 spiro atoms. The first-order chi connectivity index (χ1) is 13.2. The van der Waals surface area contributed by atoms with Gasteiger partial charge in [0.1, 0.15) is 6.10 Å². The van der Waals surface area contributed by atoms with Crippen molar-refractivity contribution in [1.82, 2.24) is 19.9 Å². The van der Waals surface area contributed by atoms with E-state index in [-0.39, 0.29) is 12.0 Å². The number of nitrogens with zero attached hydrogens (tertiary/aromatic N) is 5. The summed E-state index contributed by atoms with van der Waals surface area (Å²) in [5.74, 6) is 1.69. The van der Waals surface area contributed by atoms with E-state index in [1.807, 2.05) is 0 Å². The molecular formula is C19H25N5O3. The van der Waals surface area contributed by atoms with Gasteiger partial charge in [0.15, 0.2) is 5.82 Å². The third-order valence-electron chi connectivity index (χ3n) is 4.61. The fourth-order valence-corrected chi connectivity index (χ4v) is 3.12. The first-order valence-electron chi connectivity index (χ1n) is 9.18. The Morgan fingerprint density at radius 3 is 2.67 bits per heavy atom. The van der Waals surface area contributed by atoms with Gasteiger partial charge in [0.05, 0.1) is 19.2 Å². The molecule has 1 saturated heterocycles. The van der Waals surface area contributed by atoms with Crippen LogP contribution < -0.4 is 14.4 Å². The van der Waals surface area contributed by atoms with Crippen LogP contribution in [-0.4, -0.2) is 65.2 Å². The lowest BCUT2D eigenvalue weighted by Crippen LogP contribution is -2.31. The van der Waals surface area contributed by atoms with E-state index in [4.69, 9.17) is 9.47 Å². The third kappa shape index (κ3) is 4.27. The van der Waals surface area contributed by atoms with Crippen LogP contribution in [-0.2, 0) is 0 Å². The van der Waals surface area contributed by atoms with Crippen molar-refractivity contribution in [2.24, 2.45) is 0 Å². The lowest BCUT2D eigenvalue weighted by atomic mass is 10.2. The van der Waals surface area contributed by atoms with Crippen molar-refractivity contribution in [3.63, 3.8) is 0 Å². The van der Waals surface area contributed by atoms with E-state index >= 15 is 0 Å². The Hall–Kier alpha value is -2.90. The van der Waals surface area contributed by atoms with Gasteiger partial charge >= 0.3 is 0 Å². The van der Waals surface area contributed by atoms with Gasteiger partial charge < -0.3 is 19.3 Å². The van der Waals surface area contributed by atoms with E-state index in [2.05, 4.69) is 33.7 Å². The molecule has 0 radical (unpaired) electrons. The Morgan fingerprint density at radius 1 is 1.22 bits per heavy atom. The van der Waals surface area contributed by atoms with Crippen LogP contribution in [0.1, 0.15) is 30.6 Å². The topological polar surface area (TPSA) is 80.7 Å². The molecule has 2 aromatic rings. The first kappa shape index (κ1) is 18.9. The maximum absolute atomic E-state index is 12.7. The number of anilines is 1. The van der Waals surface area contributed by atoms with E-state index in [1.165, 1.54) is 6.20 Å². The average molecular weight is 371 g/mol. The van der Waals surface area contributed by atoms with Crippen molar-refractivity contribution < 1.29 is 14.3 Å². The van der Waals surface area contributed by atoms with Crippen LogP contribution in [0.2, 0.25) is 0 Å². The van der Waals surface area contributed by atoms with Gasteiger partial charge in [-0.05, 0) is 19.9 Å². The summed E-state index contributed by atoms with van der Waals surface area (Å²) < 4.78 is 11.1. The molecule has 3 rings (SSSR count). The monoisotopic (exact) mass is 371 g/mol. The van der Waals surface area contributed by atoms with Crippen LogP contribution in [0, 0.1) is 0 Å². The molecule has 1 aliphatic heterocycles. The zero-order chi connectivity index (χ0) is 19.2. The molecule has 2 aromatic heterocycles. The second-order valence-corrected chi connectivity index (χ2v) is 6.23. The Morgan fingerprint density at radius 2 is 2.00 bits per heavy atom. The molecule has 1 amide bonds. The molecule has 144 valence electrons. The van der Waals surface area contributed by atoms with Gasteiger partial charge in [0.25, 0.3) is 11.8 Å². The summed E-state index contributed by atoms with van der Waals surface area (Å²) in [5, 5.41) is 0. The molecule has 3 heterocycles. The summed E-state index contributed by atoms with van der Waals surface area (Å²) in [7, 11) is 1.55. The number of amides is 1. The molecule has 27 heavy (non-hydrogen) atoms. The predicted molar refractivity (Wildman–Crippen MR) is 101 cm³/mol. The largest absolute Gasteiger partial charge is 0.481 e. The second-order valence-electron chi connectivity index (χ2n) is 6.23. The van der Waals surface area contributed by atoms with Crippen LogP contribution in [0.25, 0.3) is 0 Å². The lowest BCUT2D eigenvalue weighted by Gasteiger charge is -2.23. The number of rotatable bonds is 7. The summed E-state index contributed by atoms with van der Waals surface area (Å²) in [5.41, 5.74) is 0.541. The minimum Gasteiger partial charge on any atom is -0.481 e. The van der Waals surface area contributed by atoms with Crippen molar-refractivity contribution in [2.45, 2.75) is 26.4 Å². The molecule has 0 N–H and O–H groups in total. The van der Waals surface area contributed by atoms with Crippen molar-refractivity contribution in [2.75, 3.05) is 38.2 Å². The number of methoxy groups -OCH3 is 1. The normalized spacial score (nSPS) is 16.3. The van der Waals surface area contributed by atoms with Gasteiger partial charge in [-0.15, -0.1) is 0 Å². The average Bonchev–Trinajstić information content (AvgIpc) is 3.18. The highest BCUT2D eigenvalue weighted by atomic mass is 16.5. The minimum absolute atomic E-state index is 0.0561. The van der Waals surface area contributed by atoms with E-state index in [1.54, 1.807) is 36.5 Å². The molecule has 1 aliphatic rings. The molecule has 0 aliphatic carbocycles. The summed E-state index contributed by atoms with van der Waals surface area (Å²) in [6, 6.07) is 3.41. The van der Waals surface area contributed by atoms with Crippen LogP contribution in [0.4, 0.5) is 5.82 Å². The Balaban J connectivity index is 1.65. The number of aromatic nitrogens is 3. The Bertz CT molecular complexity index is 764. The van der Waals surface area contributed by atoms with Crippen LogP contribution in [0.5, 0.6) is 11.8 Å².